The predicted octanol–water partition coefficient (Wildman–Crippen LogP) is 5.31. The summed E-state index contributed by atoms with van der Waals surface area (Å²) in [5.41, 5.74) is 4.02. The van der Waals surface area contributed by atoms with Crippen LogP contribution in [0, 0.1) is 0 Å². The molecule has 9 heteroatoms. The molecule has 0 spiro atoms. The van der Waals surface area contributed by atoms with Gasteiger partial charge in [0, 0.05) is 36.7 Å². The third kappa shape index (κ3) is 4.90. The van der Waals surface area contributed by atoms with Crippen molar-refractivity contribution in [1.29, 1.82) is 0 Å². The largest absolute Gasteiger partial charge is 0.381 e. The summed E-state index contributed by atoms with van der Waals surface area (Å²) >= 11 is 7.10. The van der Waals surface area contributed by atoms with Crippen molar-refractivity contribution in [2.75, 3.05) is 10.6 Å². The van der Waals surface area contributed by atoms with Crippen molar-refractivity contribution >= 4 is 46.1 Å². The van der Waals surface area contributed by atoms with E-state index in [0.29, 0.717) is 32.6 Å². The fourth-order valence-corrected chi connectivity index (χ4v) is 4.98. The van der Waals surface area contributed by atoms with Gasteiger partial charge in [0.1, 0.15) is 0 Å². The SMILES string of the molecule is O=C(Nc1cccc2c1C(=O)N(Cc1cccc(CNc3ccncc3)c1)C2O)c1ccc(Cl)s1. The Morgan fingerprint density at radius 2 is 1.83 bits per heavy atom. The molecular formula is C26H21ClN4O3S. The van der Waals surface area contributed by atoms with Gasteiger partial charge in [-0.2, -0.15) is 0 Å². The van der Waals surface area contributed by atoms with Crippen LogP contribution in [0.15, 0.2) is 79.1 Å². The number of aliphatic hydroxyl groups is 1. The van der Waals surface area contributed by atoms with E-state index < -0.39 is 6.23 Å². The Bertz CT molecular complexity index is 1390. The Kier molecular flexibility index (Phi) is 6.50. The van der Waals surface area contributed by atoms with Crippen LogP contribution < -0.4 is 10.6 Å². The first-order valence-electron chi connectivity index (χ1n) is 10.9. The van der Waals surface area contributed by atoms with E-state index >= 15 is 0 Å². The zero-order chi connectivity index (χ0) is 24.4. The zero-order valence-corrected chi connectivity index (χ0v) is 20.0. The molecule has 5 rings (SSSR count). The van der Waals surface area contributed by atoms with Crippen LogP contribution in [0.2, 0.25) is 4.34 Å². The molecule has 2 aromatic carbocycles. The van der Waals surface area contributed by atoms with Gasteiger partial charge in [0.2, 0.25) is 0 Å². The minimum absolute atomic E-state index is 0.228. The minimum Gasteiger partial charge on any atom is -0.381 e. The Morgan fingerprint density at radius 3 is 2.60 bits per heavy atom. The lowest BCUT2D eigenvalue weighted by atomic mass is 10.1. The molecule has 0 saturated heterocycles. The lowest BCUT2D eigenvalue weighted by molar-refractivity contribution is 0.0137. The number of anilines is 2. The molecule has 0 saturated carbocycles. The van der Waals surface area contributed by atoms with Crippen molar-refractivity contribution < 1.29 is 14.7 Å². The first-order chi connectivity index (χ1) is 17.0. The number of amides is 2. The van der Waals surface area contributed by atoms with Crippen LogP contribution in [-0.2, 0) is 13.1 Å². The fraction of sp³-hybridized carbons (Fsp3) is 0.115. The maximum Gasteiger partial charge on any atom is 0.265 e. The molecule has 1 aliphatic rings. The number of halogens is 1. The maximum absolute atomic E-state index is 13.3. The molecule has 0 aliphatic carbocycles. The van der Waals surface area contributed by atoms with Crippen LogP contribution in [0.25, 0.3) is 0 Å². The highest BCUT2D eigenvalue weighted by Crippen LogP contribution is 2.37. The number of benzene rings is 2. The fourth-order valence-electron chi connectivity index (χ4n) is 4.04. The normalized spacial score (nSPS) is 14.6. The number of nitrogens with one attached hydrogen (secondary N) is 2. The molecule has 0 fully saturated rings. The molecule has 35 heavy (non-hydrogen) atoms. The topological polar surface area (TPSA) is 94.6 Å². The average Bonchev–Trinajstić information content (AvgIpc) is 3.41. The number of carbonyl (C=O) groups excluding carboxylic acids is 2. The number of hydrogen-bond acceptors (Lipinski definition) is 6. The van der Waals surface area contributed by atoms with Crippen LogP contribution in [0.5, 0.6) is 0 Å². The maximum atomic E-state index is 13.3. The summed E-state index contributed by atoms with van der Waals surface area (Å²) in [5, 5.41) is 17.1. The van der Waals surface area contributed by atoms with Gasteiger partial charge in [0.15, 0.2) is 6.23 Å². The molecule has 1 unspecified atom stereocenters. The average molecular weight is 505 g/mol. The molecule has 0 radical (unpaired) electrons. The summed E-state index contributed by atoms with van der Waals surface area (Å²) in [6.45, 7) is 0.836. The number of nitrogens with zero attached hydrogens (tertiary/aromatic N) is 2. The number of carbonyl (C=O) groups is 2. The number of aliphatic hydroxyl groups excluding tert-OH is 1. The zero-order valence-electron chi connectivity index (χ0n) is 18.4. The van der Waals surface area contributed by atoms with Gasteiger partial charge in [0.25, 0.3) is 11.8 Å². The summed E-state index contributed by atoms with van der Waals surface area (Å²) < 4.78 is 0.504. The van der Waals surface area contributed by atoms with Crippen LogP contribution in [0.1, 0.15) is 42.9 Å². The molecule has 2 aromatic heterocycles. The van der Waals surface area contributed by atoms with Gasteiger partial charge in [0.05, 0.1) is 20.5 Å². The molecular weight excluding hydrogens is 484 g/mol. The number of aromatic nitrogens is 1. The van der Waals surface area contributed by atoms with Crippen molar-refractivity contribution in [3.8, 4) is 0 Å². The quantitative estimate of drug-likeness (QED) is 0.317. The number of rotatable bonds is 7. The van der Waals surface area contributed by atoms with Crippen molar-refractivity contribution in [3.05, 3.63) is 111 Å². The van der Waals surface area contributed by atoms with Gasteiger partial charge in [-0.05, 0) is 41.5 Å². The van der Waals surface area contributed by atoms with Crippen LogP contribution in [-0.4, -0.2) is 26.8 Å². The smallest absolute Gasteiger partial charge is 0.265 e. The summed E-state index contributed by atoms with van der Waals surface area (Å²) in [5.74, 6) is -0.696. The van der Waals surface area contributed by atoms with E-state index in [2.05, 4.69) is 15.6 Å². The van der Waals surface area contributed by atoms with Gasteiger partial charge < -0.3 is 20.6 Å². The van der Waals surface area contributed by atoms with E-state index in [-0.39, 0.29) is 18.4 Å². The van der Waals surface area contributed by atoms with E-state index in [1.165, 1.54) is 4.90 Å². The highest BCUT2D eigenvalue weighted by molar-refractivity contribution is 7.18. The van der Waals surface area contributed by atoms with Crippen LogP contribution in [0.4, 0.5) is 11.4 Å². The van der Waals surface area contributed by atoms with E-state index in [0.717, 1.165) is 28.2 Å². The number of fused-ring (bicyclic) bond motifs is 1. The molecule has 4 aromatic rings. The Morgan fingerprint density at radius 1 is 1.06 bits per heavy atom. The van der Waals surface area contributed by atoms with Gasteiger partial charge in [-0.3, -0.25) is 14.6 Å². The number of thiophene rings is 1. The molecule has 3 heterocycles. The highest BCUT2D eigenvalue weighted by Gasteiger charge is 2.37. The minimum atomic E-state index is -1.11. The highest BCUT2D eigenvalue weighted by atomic mass is 35.5. The molecule has 7 nitrogen and oxygen atoms in total. The lowest BCUT2D eigenvalue weighted by Crippen LogP contribution is -2.27. The second-order valence-corrected chi connectivity index (χ2v) is 9.76. The number of pyridine rings is 1. The van der Waals surface area contributed by atoms with E-state index in [1.54, 1.807) is 42.7 Å². The van der Waals surface area contributed by atoms with Crippen molar-refractivity contribution in [2.24, 2.45) is 0 Å². The van der Waals surface area contributed by atoms with Crippen molar-refractivity contribution in [1.82, 2.24) is 9.88 Å². The summed E-state index contributed by atoms with van der Waals surface area (Å²) in [6.07, 6.45) is 2.34. The molecule has 176 valence electrons. The lowest BCUT2D eigenvalue weighted by Gasteiger charge is -2.21. The van der Waals surface area contributed by atoms with Gasteiger partial charge in [-0.15, -0.1) is 11.3 Å². The van der Waals surface area contributed by atoms with Crippen molar-refractivity contribution in [3.63, 3.8) is 0 Å². The first-order valence-corrected chi connectivity index (χ1v) is 12.1. The Labute approximate surface area is 211 Å². The van der Waals surface area contributed by atoms with E-state index in [1.807, 2.05) is 36.4 Å². The van der Waals surface area contributed by atoms with Gasteiger partial charge >= 0.3 is 0 Å². The third-order valence-corrected chi connectivity index (χ3v) is 6.94. The van der Waals surface area contributed by atoms with Gasteiger partial charge in [-0.1, -0.05) is 48.0 Å². The monoisotopic (exact) mass is 504 g/mol. The van der Waals surface area contributed by atoms with Crippen LogP contribution >= 0.6 is 22.9 Å². The molecule has 2 amide bonds. The summed E-state index contributed by atoms with van der Waals surface area (Å²) in [7, 11) is 0. The second kappa shape index (κ2) is 9.87. The third-order valence-electron chi connectivity index (χ3n) is 5.71. The van der Waals surface area contributed by atoms with E-state index in [4.69, 9.17) is 11.6 Å². The molecule has 1 atom stereocenters. The standard InChI is InChI=1S/C26H21ClN4O3S/c27-22-8-7-21(35-22)24(32)30-20-6-2-5-19-23(20)26(34)31(25(19)33)15-17-4-1-3-16(13-17)14-29-18-9-11-28-12-10-18/h1-13,25,33H,14-15H2,(H,28,29)(H,30,32). The molecule has 3 N–H and O–H groups in total. The Balaban J connectivity index is 1.32. The second-order valence-electron chi connectivity index (χ2n) is 8.04. The Hall–Kier alpha value is -3.72. The summed E-state index contributed by atoms with van der Waals surface area (Å²) in [6, 6.07) is 20.0. The summed E-state index contributed by atoms with van der Waals surface area (Å²) in [4.78, 5) is 31.8. The van der Waals surface area contributed by atoms with Gasteiger partial charge in [-0.25, -0.2) is 0 Å². The first kappa shape index (κ1) is 23.0. The van der Waals surface area contributed by atoms with E-state index in [9.17, 15) is 14.7 Å². The predicted molar refractivity (Wildman–Crippen MR) is 137 cm³/mol. The molecule has 0 bridgehead atoms. The number of hydrogen-bond donors (Lipinski definition) is 3. The van der Waals surface area contributed by atoms with Crippen LogP contribution in [0.3, 0.4) is 0 Å². The molecule has 1 aliphatic heterocycles. The van der Waals surface area contributed by atoms with Crippen molar-refractivity contribution in [2.45, 2.75) is 19.3 Å².